The average Bonchev–Trinajstić information content (AvgIpc) is 2.71. The highest BCUT2D eigenvalue weighted by Gasteiger charge is 2.19. The van der Waals surface area contributed by atoms with Gasteiger partial charge in [-0.05, 0) is 27.7 Å². The van der Waals surface area contributed by atoms with E-state index in [1.165, 1.54) is 16.2 Å². The number of thiazole rings is 1. The van der Waals surface area contributed by atoms with E-state index in [9.17, 15) is 9.59 Å². The fourth-order valence-corrected chi connectivity index (χ4v) is 2.15. The third-order valence-electron chi connectivity index (χ3n) is 2.39. The average molecular weight is 284 g/mol. The Balaban J connectivity index is 2.59. The van der Waals surface area contributed by atoms with Gasteiger partial charge in [0.1, 0.15) is 6.54 Å². The maximum absolute atomic E-state index is 11.9. The summed E-state index contributed by atoms with van der Waals surface area (Å²) in [5, 5.41) is 5.94. The van der Waals surface area contributed by atoms with Crippen LogP contribution in [-0.2, 0) is 4.79 Å². The summed E-state index contributed by atoms with van der Waals surface area (Å²) < 4.78 is 0. The highest BCUT2D eigenvalue weighted by atomic mass is 32.1. The fraction of sp³-hybridized carbons (Fsp3) is 0.583. The molecule has 106 valence electrons. The lowest BCUT2D eigenvalue weighted by molar-refractivity contribution is -0.117. The van der Waals surface area contributed by atoms with Crippen molar-refractivity contribution in [2.24, 2.45) is 0 Å². The smallest absolute Gasteiger partial charge is 0.318 e. The van der Waals surface area contributed by atoms with Crippen LogP contribution < -0.4 is 10.6 Å². The van der Waals surface area contributed by atoms with Crippen molar-refractivity contribution in [3.8, 4) is 0 Å². The molecule has 0 atom stereocenters. The van der Waals surface area contributed by atoms with Crippen LogP contribution in [0, 0.1) is 6.92 Å². The Kier molecular flexibility index (Phi) is 5.75. The molecule has 1 heterocycles. The zero-order valence-corrected chi connectivity index (χ0v) is 12.5. The molecule has 1 aromatic heterocycles. The third-order valence-corrected chi connectivity index (χ3v) is 3.22. The molecule has 0 aliphatic heterocycles. The van der Waals surface area contributed by atoms with Crippen LogP contribution in [0.3, 0.4) is 0 Å². The third kappa shape index (κ3) is 4.86. The number of aryl methyl sites for hydroxylation is 1. The van der Waals surface area contributed by atoms with Crippen LogP contribution in [0.25, 0.3) is 0 Å². The van der Waals surface area contributed by atoms with E-state index in [1.807, 2.05) is 27.7 Å². The Morgan fingerprint density at radius 1 is 1.47 bits per heavy atom. The van der Waals surface area contributed by atoms with Gasteiger partial charge in [-0.2, -0.15) is 0 Å². The topological polar surface area (TPSA) is 74.3 Å². The fourth-order valence-electron chi connectivity index (χ4n) is 1.47. The Labute approximate surface area is 117 Å². The number of urea groups is 1. The van der Waals surface area contributed by atoms with Crippen LogP contribution in [-0.4, -0.2) is 41.0 Å². The Morgan fingerprint density at radius 2 is 2.16 bits per heavy atom. The molecule has 0 unspecified atom stereocenters. The summed E-state index contributed by atoms with van der Waals surface area (Å²) in [5.41, 5.74) is 0. The Morgan fingerprint density at radius 3 is 2.63 bits per heavy atom. The van der Waals surface area contributed by atoms with Crippen molar-refractivity contribution in [3.63, 3.8) is 0 Å². The van der Waals surface area contributed by atoms with E-state index in [-0.39, 0.29) is 24.5 Å². The highest BCUT2D eigenvalue weighted by Crippen LogP contribution is 2.16. The molecule has 0 aromatic carbocycles. The number of anilines is 1. The van der Waals surface area contributed by atoms with Crippen LogP contribution in [0.1, 0.15) is 25.6 Å². The molecule has 6 nitrogen and oxygen atoms in total. The molecule has 0 spiro atoms. The minimum Gasteiger partial charge on any atom is -0.338 e. The van der Waals surface area contributed by atoms with Crippen molar-refractivity contribution in [2.75, 3.05) is 18.4 Å². The monoisotopic (exact) mass is 284 g/mol. The molecule has 0 aliphatic rings. The van der Waals surface area contributed by atoms with Gasteiger partial charge in [0.15, 0.2) is 5.13 Å². The van der Waals surface area contributed by atoms with Crippen LogP contribution >= 0.6 is 11.3 Å². The number of hydrogen-bond acceptors (Lipinski definition) is 4. The molecule has 0 fully saturated rings. The summed E-state index contributed by atoms with van der Waals surface area (Å²) in [6.45, 7) is 8.06. The second kappa shape index (κ2) is 7.08. The maximum Gasteiger partial charge on any atom is 0.318 e. The molecule has 0 saturated carbocycles. The number of nitrogens with one attached hydrogen (secondary N) is 2. The zero-order chi connectivity index (χ0) is 14.4. The zero-order valence-electron chi connectivity index (χ0n) is 11.7. The molecule has 3 amide bonds. The van der Waals surface area contributed by atoms with Gasteiger partial charge in [-0.25, -0.2) is 9.78 Å². The van der Waals surface area contributed by atoms with Gasteiger partial charge in [0.05, 0.1) is 0 Å². The number of aromatic nitrogens is 1. The summed E-state index contributed by atoms with van der Waals surface area (Å²) >= 11 is 1.41. The predicted octanol–water partition coefficient (Wildman–Crippen LogP) is 1.83. The van der Waals surface area contributed by atoms with Crippen LogP contribution in [0.5, 0.6) is 0 Å². The molecule has 1 rings (SSSR count). The summed E-state index contributed by atoms with van der Waals surface area (Å²) in [6.07, 6.45) is 1.70. The van der Waals surface area contributed by atoms with Gasteiger partial charge in [-0.3, -0.25) is 4.79 Å². The van der Waals surface area contributed by atoms with E-state index in [4.69, 9.17) is 0 Å². The second-order valence-corrected chi connectivity index (χ2v) is 5.62. The maximum atomic E-state index is 11.9. The van der Waals surface area contributed by atoms with Gasteiger partial charge in [-0.1, -0.05) is 0 Å². The molecule has 0 aliphatic carbocycles. The van der Waals surface area contributed by atoms with Gasteiger partial charge in [-0.15, -0.1) is 11.3 Å². The second-order valence-electron chi connectivity index (χ2n) is 4.38. The summed E-state index contributed by atoms with van der Waals surface area (Å²) in [7, 11) is 0. The number of hydrogen-bond donors (Lipinski definition) is 2. The first-order valence-corrected chi connectivity index (χ1v) is 7.02. The first-order valence-electron chi connectivity index (χ1n) is 6.20. The van der Waals surface area contributed by atoms with Crippen molar-refractivity contribution in [1.29, 1.82) is 0 Å². The first kappa shape index (κ1) is 15.4. The minimum absolute atomic E-state index is 0.0160. The predicted molar refractivity (Wildman–Crippen MR) is 76.4 cm³/mol. The number of carbonyl (C=O) groups excluding carboxylic acids is 2. The number of carbonyl (C=O) groups is 2. The molecule has 7 heteroatoms. The van der Waals surface area contributed by atoms with Crippen LogP contribution in [0.2, 0.25) is 0 Å². The molecule has 0 bridgehead atoms. The SMILES string of the molecule is CCNC(=O)N(CC(=O)Nc1ncc(C)s1)C(C)C. The van der Waals surface area contributed by atoms with E-state index in [1.54, 1.807) is 6.20 Å². The van der Waals surface area contributed by atoms with Crippen molar-refractivity contribution in [2.45, 2.75) is 33.7 Å². The van der Waals surface area contributed by atoms with E-state index >= 15 is 0 Å². The molecular weight excluding hydrogens is 264 g/mol. The van der Waals surface area contributed by atoms with Crippen LogP contribution in [0.4, 0.5) is 9.93 Å². The quantitative estimate of drug-likeness (QED) is 0.866. The van der Waals surface area contributed by atoms with Gasteiger partial charge >= 0.3 is 6.03 Å². The Bertz CT molecular complexity index is 445. The lowest BCUT2D eigenvalue weighted by Gasteiger charge is -2.25. The van der Waals surface area contributed by atoms with Gasteiger partial charge < -0.3 is 15.5 Å². The van der Waals surface area contributed by atoms with E-state index in [0.717, 1.165) is 4.88 Å². The molecule has 2 N–H and O–H groups in total. The molecule has 19 heavy (non-hydrogen) atoms. The first-order chi connectivity index (χ1) is 8.93. The summed E-state index contributed by atoms with van der Waals surface area (Å²) in [6, 6.07) is -0.279. The molecular formula is C12H20N4O2S. The van der Waals surface area contributed by atoms with Gasteiger partial charge in [0.2, 0.25) is 5.91 Å². The minimum atomic E-state index is -0.241. The van der Waals surface area contributed by atoms with Gasteiger partial charge in [0.25, 0.3) is 0 Å². The van der Waals surface area contributed by atoms with E-state index in [2.05, 4.69) is 15.6 Å². The molecule has 1 aromatic rings. The van der Waals surface area contributed by atoms with Crippen molar-refractivity contribution >= 4 is 28.4 Å². The lowest BCUT2D eigenvalue weighted by atomic mass is 10.3. The lowest BCUT2D eigenvalue weighted by Crippen LogP contribution is -2.47. The molecule has 0 radical (unpaired) electrons. The van der Waals surface area contributed by atoms with E-state index < -0.39 is 0 Å². The summed E-state index contributed by atoms with van der Waals surface area (Å²) in [5.74, 6) is -0.241. The van der Waals surface area contributed by atoms with Crippen molar-refractivity contribution in [1.82, 2.24) is 15.2 Å². The number of nitrogens with zero attached hydrogens (tertiary/aromatic N) is 2. The van der Waals surface area contributed by atoms with Crippen molar-refractivity contribution in [3.05, 3.63) is 11.1 Å². The van der Waals surface area contributed by atoms with Crippen molar-refractivity contribution < 1.29 is 9.59 Å². The van der Waals surface area contributed by atoms with Crippen LogP contribution in [0.15, 0.2) is 6.20 Å². The van der Waals surface area contributed by atoms with Gasteiger partial charge in [0, 0.05) is 23.7 Å². The normalized spacial score (nSPS) is 10.4. The number of amides is 3. The number of rotatable bonds is 5. The molecule has 0 saturated heterocycles. The summed E-state index contributed by atoms with van der Waals surface area (Å²) in [4.78, 5) is 30.2. The van der Waals surface area contributed by atoms with E-state index in [0.29, 0.717) is 11.7 Å². The standard InChI is InChI=1S/C12H20N4O2S/c1-5-13-12(18)16(8(2)3)7-10(17)15-11-14-6-9(4)19-11/h6,8H,5,7H2,1-4H3,(H,13,18)(H,14,15,17). The highest BCUT2D eigenvalue weighted by molar-refractivity contribution is 7.15. The Hall–Kier alpha value is -1.63. The largest absolute Gasteiger partial charge is 0.338 e.